The summed E-state index contributed by atoms with van der Waals surface area (Å²) in [6.45, 7) is 2.93. The summed E-state index contributed by atoms with van der Waals surface area (Å²) in [6, 6.07) is 20.9. The number of para-hydroxylation sites is 1. The Morgan fingerprint density at radius 3 is 2.06 bits per heavy atom. The molecule has 2 heterocycles. The molecule has 0 bridgehead atoms. The summed E-state index contributed by atoms with van der Waals surface area (Å²) in [4.78, 5) is 45.3. The van der Waals surface area contributed by atoms with Crippen molar-refractivity contribution in [3.8, 4) is 0 Å². The smallest absolute Gasteiger partial charge is 0.323 e. The Hall–Kier alpha value is -4.60. The number of piperazine rings is 1. The number of nitrogens with one attached hydrogen (secondary N) is 4. The van der Waals surface area contributed by atoms with Crippen LogP contribution in [-0.2, 0) is 4.79 Å². The molecule has 10 heteroatoms. The molecule has 186 valence electrons. The largest absolute Gasteiger partial charge is 0.353 e. The van der Waals surface area contributed by atoms with Gasteiger partial charge in [0.15, 0.2) is 0 Å². The van der Waals surface area contributed by atoms with Gasteiger partial charge in [-0.05, 0) is 42.5 Å². The Labute approximate surface area is 209 Å². The molecule has 0 radical (unpaired) electrons. The molecule has 5 amide bonds. The minimum absolute atomic E-state index is 0.00611. The first-order valence-corrected chi connectivity index (χ1v) is 11.8. The first-order chi connectivity index (χ1) is 17.6. The van der Waals surface area contributed by atoms with Gasteiger partial charge in [0.05, 0.1) is 0 Å². The predicted octanol–water partition coefficient (Wildman–Crippen LogP) is 3.59. The number of hydrogen-bond donors (Lipinski definition) is 4. The van der Waals surface area contributed by atoms with Crippen LogP contribution in [0, 0.1) is 0 Å². The van der Waals surface area contributed by atoms with Crippen molar-refractivity contribution in [2.75, 3.05) is 53.6 Å². The van der Waals surface area contributed by atoms with Gasteiger partial charge in [0.2, 0.25) is 5.91 Å². The van der Waals surface area contributed by atoms with Crippen molar-refractivity contribution in [1.29, 1.82) is 0 Å². The third-order valence-corrected chi connectivity index (χ3v) is 5.64. The molecule has 2 aromatic carbocycles. The second kappa shape index (κ2) is 12.2. The van der Waals surface area contributed by atoms with Crippen LogP contribution in [0.5, 0.6) is 0 Å². The average molecular weight is 488 g/mol. The van der Waals surface area contributed by atoms with Crippen LogP contribution >= 0.6 is 0 Å². The van der Waals surface area contributed by atoms with Crippen LogP contribution < -0.4 is 26.2 Å². The summed E-state index contributed by atoms with van der Waals surface area (Å²) in [5.41, 5.74) is 1.72. The number of benzene rings is 2. The minimum Gasteiger partial charge on any atom is -0.353 e. The Morgan fingerprint density at radius 1 is 0.722 bits per heavy atom. The number of aromatic nitrogens is 1. The molecule has 4 N–H and O–H groups in total. The highest BCUT2D eigenvalue weighted by Gasteiger charge is 2.21. The van der Waals surface area contributed by atoms with Crippen molar-refractivity contribution in [2.45, 2.75) is 6.42 Å². The molecular formula is C26H29N7O3. The molecule has 1 aromatic heterocycles. The highest BCUT2D eigenvalue weighted by Crippen LogP contribution is 2.16. The zero-order chi connectivity index (χ0) is 25.2. The number of urea groups is 2. The maximum atomic E-state index is 12.5. The van der Waals surface area contributed by atoms with Crippen LogP contribution in [0.2, 0.25) is 0 Å². The average Bonchev–Trinajstić information content (AvgIpc) is 2.90. The lowest BCUT2D eigenvalue weighted by atomic mass is 10.2. The standard InChI is InChI=1S/C26H29N7O3/c34-24(33-17-15-32(16-18-33)23-11-4-5-13-27-23)12-14-28-25(35)30-21-9-6-10-22(19-21)31-26(36)29-20-7-2-1-3-8-20/h1-11,13,19H,12,14-18H2,(H2,28,30,35)(H2,29,31,36). The summed E-state index contributed by atoms with van der Waals surface area (Å²) in [5, 5.41) is 10.9. The molecule has 0 unspecified atom stereocenters. The van der Waals surface area contributed by atoms with Crippen molar-refractivity contribution in [3.63, 3.8) is 0 Å². The molecule has 36 heavy (non-hydrogen) atoms. The Bertz CT molecular complexity index is 1170. The monoisotopic (exact) mass is 487 g/mol. The zero-order valence-electron chi connectivity index (χ0n) is 19.8. The number of nitrogens with zero attached hydrogens (tertiary/aromatic N) is 3. The van der Waals surface area contributed by atoms with Gasteiger partial charge in [-0.15, -0.1) is 0 Å². The third kappa shape index (κ3) is 7.20. The van der Waals surface area contributed by atoms with E-state index in [0.29, 0.717) is 30.2 Å². The molecule has 0 spiro atoms. The van der Waals surface area contributed by atoms with Gasteiger partial charge in [-0.2, -0.15) is 0 Å². The van der Waals surface area contributed by atoms with Gasteiger partial charge in [-0.25, -0.2) is 14.6 Å². The highest BCUT2D eigenvalue weighted by atomic mass is 16.2. The van der Waals surface area contributed by atoms with E-state index in [1.165, 1.54) is 0 Å². The van der Waals surface area contributed by atoms with Gasteiger partial charge in [0.25, 0.3) is 0 Å². The van der Waals surface area contributed by atoms with Gasteiger partial charge in [0, 0.05) is 62.4 Å². The Balaban J connectivity index is 1.16. The van der Waals surface area contributed by atoms with E-state index in [0.717, 1.165) is 18.9 Å². The van der Waals surface area contributed by atoms with Gasteiger partial charge in [0.1, 0.15) is 5.82 Å². The van der Waals surface area contributed by atoms with Crippen LogP contribution in [0.3, 0.4) is 0 Å². The number of hydrogen-bond acceptors (Lipinski definition) is 5. The number of anilines is 4. The van der Waals surface area contributed by atoms with E-state index in [9.17, 15) is 14.4 Å². The highest BCUT2D eigenvalue weighted by molar-refractivity contribution is 6.00. The summed E-state index contributed by atoms with van der Waals surface area (Å²) in [6.07, 6.45) is 1.98. The maximum Gasteiger partial charge on any atom is 0.323 e. The Morgan fingerprint density at radius 2 is 1.36 bits per heavy atom. The molecule has 0 saturated carbocycles. The quantitative estimate of drug-likeness (QED) is 0.406. The van der Waals surface area contributed by atoms with Crippen LogP contribution in [0.1, 0.15) is 6.42 Å². The van der Waals surface area contributed by atoms with Gasteiger partial charge < -0.3 is 31.1 Å². The topological polar surface area (TPSA) is 119 Å². The van der Waals surface area contributed by atoms with Crippen molar-refractivity contribution in [3.05, 3.63) is 79.0 Å². The molecule has 0 aliphatic carbocycles. The van der Waals surface area contributed by atoms with E-state index < -0.39 is 6.03 Å². The fraction of sp³-hybridized carbons (Fsp3) is 0.231. The number of carbonyl (C=O) groups excluding carboxylic acids is 3. The number of pyridine rings is 1. The van der Waals surface area contributed by atoms with E-state index >= 15 is 0 Å². The summed E-state index contributed by atoms with van der Waals surface area (Å²) >= 11 is 0. The number of amides is 5. The molecule has 1 fully saturated rings. The molecule has 1 saturated heterocycles. The zero-order valence-corrected chi connectivity index (χ0v) is 19.8. The molecule has 0 atom stereocenters. The Kier molecular flexibility index (Phi) is 8.31. The van der Waals surface area contributed by atoms with Gasteiger partial charge >= 0.3 is 12.1 Å². The molecular weight excluding hydrogens is 458 g/mol. The normalized spacial score (nSPS) is 13.0. The van der Waals surface area contributed by atoms with E-state index in [4.69, 9.17) is 0 Å². The first-order valence-electron chi connectivity index (χ1n) is 11.8. The lowest BCUT2D eigenvalue weighted by molar-refractivity contribution is -0.131. The van der Waals surface area contributed by atoms with E-state index in [1.807, 2.05) is 41.3 Å². The van der Waals surface area contributed by atoms with Crippen molar-refractivity contribution in [1.82, 2.24) is 15.2 Å². The number of carbonyl (C=O) groups is 3. The first kappa shape index (κ1) is 24.5. The van der Waals surface area contributed by atoms with Crippen LogP contribution in [-0.4, -0.2) is 60.6 Å². The molecule has 10 nitrogen and oxygen atoms in total. The second-order valence-electron chi connectivity index (χ2n) is 8.21. The molecule has 1 aliphatic rings. The summed E-state index contributed by atoms with van der Waals surface area (Å²) < 4.78 is 0. The lowest BCUT2D eigenvalue weighted by Crippen LogP contribution is -2.49. The van der Waals surface area contributed by atoms with E-state index in [2.05, 4.69) is 31.2 Å². The molecule has 1 aliphatic heterocycles. The van der Waals surface area contributed by atoms with Crippen molar-refractivity contribution < 1.29 is 14.4 Å². The fourth-order valence-electron chi connectivity index (χ4n) is 3.83. The fourth-order valence-corrected chi connectivity index (χ4v) is 3.83. The molecule has 3 aromatic rings. The van der Waals surface area contributed by atoms with Crippen molar-refractivity contribution >= 4 is 40.8 Å². The van der Waals surface area contributed by atoms with Gasteiger partial charge in [-0.3, -0.25) is 4.79 Å². The number of rotatable bonds is 7. The van der Waals surface area contributed by atoms with Crippen LogP contribution in [0.4, 0.5) is 32.5 Å². The predicted molar refractivity (Wildman–Crippen MR) is 140 cm³/mol. The van der Waals surface area contributed by atoms with E-state index in [-0.39, 0.29) is 24.9 Å². The maximum absolute atomic E-state index is 12.5. The van der Waals surface area contributed by atoms with Gasteiger partial charge in [-0.1, -0.05) is 30.3 Å². The van der Waals surface area contributed by atoms with E-state index in [1.54, 1.807) is 42.6 Å². The van der Waals surface area contributed by atoms with Crippen LogP contribution in [0.15, 0.2) is 79.0 Å². The SMILES string of the molecule is O=C(NCCC(=O)N1CCN(c2ccccn2)CC1)Nc1cccc(NC(=O)Nc2ccccc2)c1. The lowest BCUT2D eigenvalue weighted by Gasteiger charge is -2.35. The molecule has 4 rings (SSSR count). The summed E-state index contributed by atoms with van der Waals surface area (Å²) in [5.74, 6) is 0.922. The van der Waals surface area contributed by atoms with Crippen LogP contribution in [0.25, 0.3) is 0 Å². The summed E-state index contributed by atoms with van der Waals surface area (Å²) in [7, 11) is 0. The van der Waals surface area contributed by atoms with Crippen molar-refractivity contribution in [2.24, 2.45) is 0 Å². The second-order valence-corrected chi connectivity index (χ2v) is 8.21. The minimum atomic E-state index is -0.423. The third-order valence-electron chi connectivity index (χ3n) is 5.64.